The third-order valence-corrected chi connectivity index (χ3v) is 6.11. The van der Waals surface area contributed by atoms with Gasteiger partial charge in [-0.1, -0.05) is 31.2 Å². The average Bonchev–Trinajstić information content (AvgIpc) is 3.12. The lowest BCUT2D eigenvalue weighted by atomic mass is 9.82. The van der Waals surface area contributed by atoms with Gasteiger partial charge in [0.25, 0.3) is 0 Å². The third kappa shape index (κ3) is 3.13. The summed E-state index contributed by atoms with van der Waals surface area (Å²) in [6.07, 6.45) is 2.52. The van der Waals surface area contributed by atoms with E-state index in [2.05, 4.69) is 65.7 Å². The van der Waals surface area contributed by atoms with Crippen LogP contribution in [0, 0.1) is 5.92 Å². The van der Waals surface area contributed by atoms with Crippen molar-refractivity contribution in [2.45, 2.75) is 31.7 Å². The standard InChI is InChI=1S/C22H28N2O/c1-16(20-12-7-17-5-3-4-6-21(17)20)22-15-23-13-14-24(22)18-8-10-19(25-2)11-9-18/h3-6,8-11,16,20,22-23H,7,12-15H2,1-2H3. The van der Waals surface area contributed by atoms with Crippen LogP contribution in [0.15, 0.2) is 48.5 Å². The van der Waals surface area contributed by atoms with Crippen molar-refractivity contribution in [1.82, 2.24) is 5.32 Å². The lowest BCUT2D eigenvalue weighted by Gasteiger charge is -2.43. The number of anilines is 1. The summed E-state index contributed by atoms with van der Waals surface area (Å²) >= 11 is 0. The van der Waals surface area contributed by atoms with Crippen LogP contribution in [0.1, 0.15) is 30.4 Å². The number of nitrogens with one attached hydrogen (secondary N) is 1. The second-order valence-electron chi connectivity index (χ2n) is 7.37. The van der Waals surface area contributed by atoms with E-state index in [1.165, 1.54) is 18.5 Å². The Morgan fingerprint density at radius 3 is 2.72 bits per heavy atom. The van der Waals surface area contributed by atoms with Gasteiger partial charge in [0.05, 0.1) is 7.11 Å². The predicted molar refractivity (Wildman–Crippen MR) is 104 cm³/mol. The van der Waals surface area contributed by atoms with Crippen LogP contribution in [-0.4, -0.2) is 32.8 Å². The molecule has 0 radical (unpaired) electrons. The Hall–Kier alpha value is -2.00. The van der Waals surface area contributed by atoms with Gasteiger partial charge < -0.3 is 15.0 Å². The number of ether oxygens (including phenoxy) is 1. The Bertz CT molecular complexity index is 712. The SMILES string of the molecule is COc1ccc(N2CCNCC2C(C)C2CCc3ccccc32)cc1. The molecule has 2 aromatic rings. The molecule has 1 aliphatic carbocycles. The molecule has 1 fully saturated rings. The van der Waals surface area contributed by atoms with Gasteiger partial charge in [-0.05, 0) is 60.1 Å². The molecule has 0 amide bonds. The van der Waals surface area contributed by atoms with Gasteiger partial charge in [-0.2, -0.15) is 0 Å². The highest BCUT2D eigenvalue weighted by Gasteiger charge is 2.35. The first-order chi connectivity index (χ1) is 12.3. The first-order valence-electron chi connectivity index (χ1n) is 9.47. The second-order valence-corrected chi connectivity index (χ2v) is 7.37. The number of aryl methyl sites for hydroxylation is 1. The minimum absolute atomic E-state index is 0.526. The van der Waals surface area contributed by atoms with Gasteiger partial charge in [0.1, 0.15) is 5.75 Å². The van der Waals surface area contributed by atoms with Gasteiger partial charge in [0.15, 0.2) is 0 Å². The highest BCUT2D eigenvalue weighted by atomic mass is 16.5. The van der Waals surface area contributed by atoms with Crippen molar-refractivity contribution < 1.29 is 4.74 Å². The zero-order valence-corrected chi connectivity index (χ0v) is 15.2. The molecule has 132 valence electrons. The number of piperazine rings is 1. The molecule has 1 saturated heterocycles. The van der Waals surface area contributed by atoms with E-state index >= 15 is 0 Å². The zero-order chi connectivity index (χ0) is 17.2. The summed E-state index contributed by atoms with van der Waals surface area (Å²) in [6.45, 7) is 5.62. The molecule has 0 aromatic heterocycles. The fourth-order valence-corrected chi connectivity index (χ4v) is 4.69. The van der Waals surface area contributed by atoms with Crippen LogP contribution in [0.2, 0.25) is 0 Å². The Morgan fingerprint density at radius 2 is 1.92 bits per heavy atom. The summed E-state index contributed by atoms with van der Waals surface area (Å²) in [6, 6.07) is 18.1. The second kappa shape index (κ2) is 7.09. The van der Waals surface area contributed by atoms with Crippen molar-refractivity contribution in [2.75, 3.05) is 31.6 Å². The van der Waals surface area contributed by atoms with Crippen LogP contribution in [0.25, 0.3) is 0 Å². The first kappa shape index (κ1) is 16.5. The molecular weight excluding hydrogens is 308 g/mol. The molecule has 25 heavy (non-hydrogen) atoms. The maximum absolute atomic E-state index is 5.32. The first-order valence-corrected chi connectivity index (χ1v) is 9.47. The number of fused-ring (bicyclic) bond motifs is 1. The highest BCUT2D eigenvalue weighted by molar-refractivity contribution is 5.51. The van der Waals surface area contributed by atoms with Crippen LogP contribution < -0.4 is 15.0 Å². The Balaban J connectivity index is 1.58. The molecule has 2 aromatic carbocycles. The largest absolute Gasteiger partial charge is 0.497 e. The molecule has 3 heteroatoms. The summed E-state index contributed by atoms with van der Waals surface area (Å²) < 4.78 is 5.32. The quantitative estimate of drug-likeness (QED) is 0.918. The Kier molecular flexibility index (Phi) is 4.67. The molecule has 3 atom stereocenters. The van der Waals surface area contributed by atoms with Gasteiger partial charge in [0.2, 0.25) is 0 Å². The molecule has 1 aliphatic heterocycles. The van der Waals surface area contributed by atoms with Crippen LogP contribution >= 0.6 is 0 Å². The fraction of sp³-hybridized carbons (Fsp3) is 0.455. The molecule has 1 heterocycles. The number of methoxy groups -OCH3 is 1. The van der Waals surface area contributed by atoms with Crippen molar-refractivity contribution in [1.29, 1.82) is 0 Å². The maximum Gasteiger partial charge on any atom is 0.119 e. The van der Waals surface area contributed by atoms with E-state index in [-0.39, 0.29) is 0 Å². The molecule has 4 rings (SSSR count). The van der Waals surface area contributed by atoms with Crippen LogP contribution in [0.5, 0.6) is 5.75 Å². The monoisotopic (exact) mass is 336 g/mol. The van der Waals surface area contributed by atoms with Gasteiger partial charge in [-0.15, -0.1) is 0 Å². The number of hydrogen-bond donors (Lipinski definition) is 1. The van der Waals surface area contributed by atoms with E-state index in [0.717, 1.165) is 25.4 Å². The van der Waals surface area contributed by atoms with Gasteiger partial charge in [-0.25, -0.2) is 0 Å². The summed E-state index contributed by atoms with van der Waals surface area (Å²) in [4.78, 5) is 2.60. The molecule has 3 unspecified atom stereocenters. The highest BCUT2D eigenvalue weighted by Crippen LogP contribution is 2.41. The number of hydrogen-bond acceptors (Lipinski definition) is 3. The van der Waals surface area contributed by atoms with E-state index in [4.69, 9.17) is 4.74 Å². The van der Waals surface area contributed by atoms with Crippen molar-refractivity contribution in [3.63, 3.8) is 0 Å². The summed E-state index contributed by atoms with van der Waals surface area (Å²) in [5.74, 6) is 2.22. The van der Waals surface area contributed by atoms with Crippen molar-refractivity contribution >= 4 is 5.69 Å². The minimum atomic E-state index is 0.526. The molecular formula is C22H28N2O. The lowest BCUT2D eigenvalue weighted by molar-refractivity contribution is 0.323. The number of nitrogens with zero attached hydrogens (tertiary/aromatic N) is 1. The van der Waals surface area contributed by atoms with Crippen LogP contribution in [-0.2, 0) is 6.42 Å². The van der Waals surface area contributed by atoms with Crippen molar-refractivity contribution in [3.8, 4) is 5.75 Å². The van der Waals surface area contributed by atoms with Gasteiger partial charge in [-0.3, -0.25) is 0 Å². The van der Waals surface area contributed by atoms with Crippen molar-refractivity contribution in [3.05, 3.63) is 59.7 Å². The number of rotatable bonds is 4. The van der Waals surface area contributed by atoms with E-state index in [1.54, 1.807) is 18.2 Å². The zero-order valence-electron chi connectivity index (χ0n) is 15.2. The molecule has 0 bridgehead atoms. The van der Waals surface area contributed by atoms with E-state index in [0.29, 0.717) is 17.9 Å². The molecule has 2 aliphatic rings. The smallest absolute Gasteiger partial charge is 0.119 e. The third-order valence-electron chi connectivity index (χ3n) is 6.11. The maximum atomic E-state index is 5.32. The number of benzene rings is 2. The van der Waals surface area contributed by atoms with Crippen LogP contribution in [0.4, 0.5) is 5.69 Å². The summed E-state index contributed by atoms with van der Waals surface area (Å²) in [7, 11) is 1.72. The fourth-order valence-electron chi connectivity index (χ4n) is 4.69. The Morgan fingerprint density at radius 1 is 1.12 bits per heavy atom. The van der Waals surface area contributed by atoms with Crippen molar-refractivity contribution in [2.24, 2.45) is 5.92 Å². The molecule has 1 N–H and O–H groups in total. The molecule has 0 saturated carbocycles. The molecule has 0 spiro atoms. The minimum Gasteiger partial charge on any atom is -0.497 e. The van der Waals surface area contributed by atoms with E-state index in [9.17, 15) is 0 Å². The topological polar surface area (TPSA) is 24.5 Å². The summed E-state index contributed by atoms with van der Waals surface area (Å²) in [5.41, 5.74) is 4.44. The summed E-state index contributed by atoms with van der Waals surface area (Å²) in [5, 5.41) is 3.62. The average molecular weight is 336 g/mol. The normalized spacial score (nSPS) is 24.0. The van der Waals surface area contributed by atoms with Gasteiger partial charge in [0, 0.05) is 31.4 Å². The van der Waals surface area contributed by atoms with E-state index < -0.39 is 0 Å². The lowest BCUT2D eigenvalue weighted by Crippen LogP contribution is -2.55. The van der Waals surface area contributed by atoms with E-state index in [1.807, 2.05) is 0 Å². The van der Waals surface area contributed by atoms with Gasteiger partial charge >= 0.3 is 0 Å². The molecule has 3 nitrogen and oxygen atoms in total. The van der Waals surface area contributed by atoms with Crippen LogP contribution in [0.3, 0.4) is 0 Å². The predicted octanol–water partition coefficient (Wildman–Crippen LogP) is 3.84. The Labute approximate surface area is 151 Å².